The van der Waals surface area contributed by atoms with Crippen molar-refractivity contribution in [3.8, 4) is 22.3 Å². The van der Waals surface area contributed by atoms with Crippen molar-refractivity contribution < 1.29 is 4.74 Å². The second-order valence-electron chi connectivity index (χ2n) is 8.84. The lowest BCUT2D eigenvalue weighted by Gasteiger charge is -2.29. The molecule has 3 aromatic rings. The van der Waals surface area contributed by atoms with E-state index in [1.165, 1.54) is 59.1 Å². The van der Waals surface area contributed by atoms with Crippen LogP contribution in [0.4, 0.5) is 0 Å². The van der Waals surface area contributed by atoms with Crippen molar-refractivity contribution in [2.24, 2.45) is 5.92 Å². The molecule has 1 heteroatoms. The highest BCUT2D eigenvalue weighted by atomic mass is 16.5. The fourth-order valence-electron chi connectivity index (χ4n) is 4.80. The van der Waals surface area contributed by atoms with Crippen LogP contribution in [0.1, 0.15) is 49.1 Å². The molecule has 32 heavy (non-hydrogen) atoms. The number of allylic oxidation sites excluding steroid dienone is 1. The third kappa shape index (κ3) is 5.47. The Morgan fingerprint density at radius 2 is 1.47 bits per heavy atom. The van der Waals surface area contributed by atoms with Crippen LogP contribution in [0.3, 0.4) is 0 Å². The molecule has 1 nitrogen and oxygen atoms in total. The first kappa shape index (κ1) is 22.3. The third-order valence-electron chi connectivity index (χ3n) is 6.70. The molecular weight excluding hydrogens is 388 g/mol. The summed E-state index contributed by atoms with van der Waals surface area (Å²) in [6.45, 7) is 9.19. The van der Waals surface area contributed by atoms with Crippen LogP contribution in [0.2, 0.25) is 0 Å². The molecule has 4 rings (SSSR count). The molecule has 0 aromatic heterocycles. The maximum absolute atomic E-state index is 5.86. The summed E-state index contributed by atoms with van der Waals surface area (Å²) >= 11 is 0. The molecule has 3 aromatic carbocycles. The first-order chi connectivity index (χ1) is 15.8. The fraction of sp³-hybridized carbons (Fsp3) is 0.290. The molecule has 1 saturated carbocycles. The zero-order valence-electron chi connectivity index (χ0n) is 19.0. The summed E-state index contributed by atoms with van der Waals surface area (Å²) < 4.78 is 5.86. The Bertz CT molecular complexity index is 1010. The molecule has 0 unspecified atom stereocenters. The minimum Gasteiger partial charge on any atom is -0.376 e. The highest BCUT2D eigenvalue weighted by Gasteiger charge is 2.23. The number of benzene rings is 3. The molecule has 0 radical (unpaired) electrons. The lowest BCUT2D eigenvalue weighted by Crippen LogP contribution is -2.13. The highest BCUT2D eigenvalue weighted by molar-refractivity contribution is 5.73. The van der Waals surface area contributed by atoms with Crippen molar-refractivity contribution in [1.82, 2.24) is 0 Å². The summed E-state index contributed by atoms with van der Waals surface area (Å²) in [6.07, 6.45) is 9.87. The van der Waals surface area contributed by atoms with Gasteiger partial charge in [-0.15, -0.1) is 13.2 Å². The summed E-state index contributed by atoms with van der Waals surface area (Å²) in [5.41, 5.74) is 7.92. The van der Waals surface area contributed by atoms with Gasteiger partial charge in [-0.05, 0) is 77.3 Å². The maximum atomic E-state index is 5.86. The first-order valence-electron chi connectivity index (χ1n) is 11.9. The van der Waals surface area contributed by atoms with Gasteiger partial charge in [0.2, 0.25) is 0 Å². The van der Waals surface area contributed by atoms with Crippen molar-refractivity contribution in [3.63, 3.8) is 0 Å². The molecular formula is C31H34O. The van der Waals surface area contributed by atoms with Crippen molar-refractivity contribution in [2.75, 3.05) is 6.61 Å². The van der Waals surface area contributed by atoms with Gasteiger partial charge in [0.05, 0.1) is 13.2 Å². The van der Waals surface area contributed by atoms with Crippen LogP contribution >= 0.6 is 0 Å². The van der Waals surface area contributed by atoms with E-state index in [1.54, 1.807) is 0 Å². The van der Waals surface area contributed by atoms with Crippen molar-refractivity contribution in [2.45, 2.75) is 44.6 Å². The summed E-state index contributed by atoms with van der Waals surface area (Å²) in [4.78, 5) is 0. The summed E-state index contributed by atoms with van der Waals surface area (Å²) in [7, 11) is 0. The predicted molar refractivity (Wildman–Crippen MR) is 137 cm³/mol. The first-order valence-corrected chi connectivity index (χ1v) is 11.9. The van der Waals surface area contributed by atoms with Crippen LogP contribution in [-0.2, 0) is 11.3 Å². The van der Waals surface area contributed by atoms with Crippen LogP contribution in [0.15, 0.2) is 98.1 Å². The van der Waals surface area contributed by atoms with E-state index < -0.39 is 0 Å². The Kier molecular flexibility index (Phi) is 7.74. The van der Waals surface area contributed by atoms with E-state index in [0.717, 1.165) is 13.0 Å². The van der Waals surface area contributed by atoms with Crippen LogP contribution in [0.25, 0.3) is 22.3 Å². The third-order valence-corrected chi connectivity index (χ3v) is 6.70. The minimum absolute atomic E-state index is 0.600. The second kappa shape index (κ2) is 11.1. The quantitative estimate of drug-likeness (QED) is 0.248. The van der Waals surface area contributed by atoms with Gasteiger partial charge < -0.3 is 4.74 Å². The van der Waals surface area contributed by atoms with Crippen LogP contribution in [0.5, 0.6) is 0 Å². The average Bonchev–Trinajstić information content (AvgIpc) is 2.87. The predicted octanol–water partition coefficient (Wildman–Crippen LogP) is 8.57. The highest BCUT2D eigenvalue weighted by Crippen LogP contribution is 2.41. The van der Waals surface area contributed by atoms with Crippen molar-refractivity contribution in [3.05, 3.63) is 109 Å². The zero-order valence-corrected chi connectivity index (χ0v) is 19.0. The smallest absolute Gasteiger partial charge is 0.0717 e. The molecule has 1 fully saturated rings. The van der Waals surface area contributed by atoms with Gasteiger partial charge in [-0.3, -0.25) is 0 Å². The minimum atomic E-state index is 0.600. The van der Waals surface area contributed by atoms with Crippen LogP contribution in [0, 0.1) is 5.92 Å². The van der Waals surface area contributed by atoms with Gasteiger partial charge in [0.25, 0.3) is 0 Å². The zero-order chi connectivity index (χ0) is 22.2. The molecule has 0 spiro atoms. The number of hydrogen-bond donors (Lipinski definition) is 0. The van der Waals surface area contributed by atoms with Gasteiger partial charge in [-0.25, -0.2) is 0 Å². The van der Waals surface area contributed by atoms with Gasteiger partial charge in [-0.2, -0.15) is 0 Å². The molecule has 0 amide bonds. The Morgan fingerprint density at radius 1 is 0.781 bits per heavy atom. The summed E-state index contributed by atoms with van der Waals surface area (Å²) in [6, 6.07) is 26.6. The van der Waals surface area contributed by atoms with E-state index >= 15 is 0 Å². The standard InChI is InChI=1S/C31H34O/c1-3-5-21-32-23-25-13-20-30(31(22-25)29-14-11-24(4-2)12-15-29)28-18-16-27(17-19-28)26-9-7-6-8-10-26/h3-4,6-10,13,16-20,22,24,29H,1-2,5,11-12,14-15,21,23H2. The van der Waals surface area contributed by atoms with Crippen LogP contribution in [-0.4, -0.2) is 6.61 Å². The molecule has 0 heterocycles. The fourth-order valence-corrected chi connectivity index (χ4v) is 4.80. The Balaban J connectivity index is 1.61. The summed E-state index contributed by atoms with van der Waals surface area (Å²) in [5.74, 6) is 1.27. The molecule has 164 valence electrons. The van der Waals surface area contributed by atoms with Gasteiger partial charge >= 0.3 is 0 Å². The largest absolute Gasteiger partial charge is 0.376 e. The van der Waals surface area contributed by atoms with Crippen molar-refractivity contribution >= 4 is 0 Å². The van der Waals surface area contributed by atoms with E-state index in [9.17, 15) is 0 Å². The average molecular weight is 423 g/mol. The number of rotatable bonds is 9. The molecule has 1 aliphatic rings. The number of hydrogen-bond acceptors (Lipinski definition) is 1. The lowest BCUT2D eigenvalue weighted by molar-refractivity contribution is 0.125. The van der Waals surface area contributed by atoms with E-state index in [4.69, 9.17) is 4.74 Å². The molecule has 1 aliphatic carbocycles. The maximum Gasteiger partial charge on any atom is 0.0717 e. The van der Waals surface area contributed by atoms with E-state index in [0.29, 0.717) is 18.4 Å². The Hall–Kier alpha value is -2.90. The second-order valence-corrected chi connectivity index (χ2v) is 8.84. The van der Waals surface area contributed by atoms with Gasteiger partial charge in [0.1, 0.15) is 0 Å². The van der Waals surface area contributed by atoms with Crippen molar-refractivity contribution in [1.29, 1.82) is 0 Å². The topological polar surface area (TPSA) is 9.23 Å². The summed E-state index contributed by atoms with van der Waals surface area (Å²) in [5, 5.41) is 0. The molecule has 0 aliphatic heterocycles. The molecule has 0 N–H and O–H groups in total. The SMILES string of the molecule is C=CCCOCc1ccc(-c2ccc(-c3ccccc3)cc2)c(C2CCC(C=C)CC2)c1. The monoisotopic (exact) mass is 422 g/mol. The molecule has 0 saturated heterocycles. The number of ether oxygens (including phenoxy) is 1. The van der Waals surface area contributed by atoms with Gasteiger partial charge in [0.15, 0.2) is 0 Å². The van der Waals surface area contributed by atoms with Gasteiger partial charge in [0, 0.05) is 0 Å². The van der Waals surface area contributed by atoms with E-state index in [2.05, 4.69) is 92.0 Å². The molecule has 0 atom stereocenters. The van der Waals surface area contributed by atoms with Crippen LogP contribution < -0.4 is 0 Å². The Labute approximate surface area is 193 Å². The Morgan fingerprint density at radius 3 is 2.16 bits per heavy atom. The van der Waals surface area contributed by atoms with Gasteiger partial charge in [-0.1, -0.05) is 84.9 Å². The molecule has 0 bridgehead atoms. The van der Waals surface area contributed by atoms with E-state index in [1.807, 2.05) is 6.08 Å². The normalized spacial score (nSPS) is 18.2. The lowest BCUT2D eigenvalue weighted by atomic mass is 9.76. The van der Waals surface area contributed by atoms with E-state index in [-0.39, 0.29) is 0 Å².